The van der Waals surface area contributed by atoms with Crippen molar-refractivity contribution in [3.8, 4) is 0 Å². The summed E-state index contributed by atoms with van der Waals surface area (Å²) in [5, 5.41) is 8.52. The topological polar surface area (TPSA) is 59.7 Å². The third-order valence-electron chi connectivity index (χ3n) is 5.00. The molecule has 0 aliphatic carbocycles. The van der Waals surface area contributed by atoms with Gasteiger partial charge in [-0.05, 0) is 39.2 Å². The lowest BCUT2D eigenvalue weighted by Gasteiger charge is -2.39. The Morgan fingerprint density at radius 3 is 2.64 bits per heavy atom. The second-order valence-corrected chi connectivity index (χ2v) is 6.74. The fraction of sp³-hybridized carbons (Fsp3) is 0.444. The maximum atomic E-state index is 14.0. The van der Waals surface area contributed by atoms with E-state index in [1.54, 1.807) is 23.1 Å². The van der Waals surface area contributed by atoms with Crippen LogP contribution in [-0.4, -0.2) is 37.0 Å². The second kappa shape index (κ2) is 6.38. The highest BCUT2D eigenvalue weighted by Gasteiger charge is 2.28. The summed E-state index contributed by atoms with van der Waals surface area (Å²) < 4.78 is 15.6. The van der Waals surface area contributed by atoms with Crippen molar-refractivity contribution in [3.63, 3.8) is 0 Å². The van der Waals surface area contributed by atoms with Crippen LogP contribution in [-0.2, 0) is 6.54 Å². The standard InChI is InChI=1S/C18H21FN6/c1-12-6-5-7-13(2)25(12)18-16-17(20-11-21-18)24(23-22-16)10-14-8-3-4-9-15(14)19/h3-4,8-9,11-13H,5-7,10H2,1-2H3. The molecule has 1 saturated heterocycles. The van der Waals surface area contributed by atoms with E-state index in [-0.39, 0.29) is 5.82 Å². The van der Waals surface area contributed by atoms with E-state index in [0.717, 1.165) is 18.7 Å². The quantitative estimate of drug-likeness (QED) is 0.733. The van der Waals surface area contributed by atoms with E-state index in [0.29, 0.717) is 35.4 Å². The molecule has 0 saturated carbocycles. The number of anilines is 1. The first kappa shape index (κ1) is 15.9. The van der Waals surface area contributed by atoms with Gasteiger partial charge in [-0.3, -0.25) is 0 Å². The molecule has 0 spiro atoms. The Labute approximate surface area is 145 Å². The molecule has 25 heavy (non-hydrogen) atoms. The first-order valence-corrected chi connectivity index (χ1v) is 8.71. The maximum Gasteiger partial charge on any atom is 0.184 e. The van der Waals surface area contributed by atoms with Crippen LogP contribution < -0.4 is 4.90 Å². The van der Waals surface area contributed by atoms with Crippen molar-refractivity contribution >= 4 is 17.0 Å². The molecule has 1 fully saturated rings. The van der Waals surface area contributed by atoms with Crippen LogP contribution in [0, 0.1) is 5.82 Å². The minimum absolute atomic E-state index is 0.251. The smallest absolute Gasteiger partial charge is 0.184 e. The van der Waals surface area contributed by atoms with E-state index in [1.807, 2.05) is 6.07 Å². The average molecular weight is 340 g/mol. The summed E-state index contributed by atoms with van der Waals surface area (Å²) in [6, 6.07) is 7.50. The average Bonchev–Trinajstić information content (AvgIpc) is 3.01. The molecule has 2 aromatic heterocycles. The molecule has 1 aromatic carbocycles. The van der Waals surface area contributed by atoms with Crippen molar-refractivity contribution in [3.05, 3.63) is 42.0 Å². The Morgan fingerprint density at radius 1 is 1.12 bits per heavy atom. The van der Waals surface area contributed by atoms with Gasteiger partial charge >= 0.3 is 0 Å². The van der Waals surface area contributed by atoms with Crippen LogP contribution in [0.25, 0.3) is 11.2 Å². The highest BCUT2D eigenvalue weighted by Crippen LogP contribution is 2.31. The van der Waals surface area contributed by atoms with Crippen LogP contribution in [0.1, 0.15) is 38.7 Å². The van der Waals surface area contributed by atoms with Crippen LogP contribution >= 0.6 is 0 Å². The number of fused-ring (bicyclic) bond motifs is 1. The molecule has 130 valence electrons. The Hall–Kier alpha value is -2.57. The lowest BCUT2D eigenvalue weighted by molar-refractivity contribution is 0.412. The van der Waals surface area contributed by atoms with Gasteiger partial charge in [-0.1, -0.05) is 23.4 Å². The van der Waals surface area contributed by atoms with Crippen molar-refractivity contribution in [1.82, 2.24) is 25.0 Å². The van der Waals surface area contributed by atoms with Gasteiger partial charge in [0.25, 0.3) is 0 Å². The molecule has 0 radical (unpaired) electrons. The molecule has 3 aromatic rings. The fourth-order valence-electron chi connectivity index (χ4n) is 3.70. The summed E-state index contributed by atoms with van der Waals surface area (Å²) in [6.07, 6.45) is 5.05. The van der Waals surface area contributed by atoms with Gasteiger partial charge in [0.1, 0.15) is 12.1 Å². The van der Waals surface area contributed by atoms with Crippen LogP contribution in [0.2, 0.25) is 0 Å². The van der Waals surface area contributed by atoms with E-state index in [9.17, 15) is 4.39 Å². The van der Waals surface area contributed by atoms with Gasteiger partial charge in [0.2, 0.25) is 0 Å². The molecule has 2 atom stereocenters. The highest BCUT2D eigenvalue weighted by molar-refractivity contribution is 5.83. The van der Waals surface area contributed by atoms with Crippen LogP contribution in [0.15, 0.2) is 30.6 Å². The zero-order chi connectivity index (χ0) is 17.4. The number of benzene rings is 1. The largest absolute Gasteiger partial charge is 0.349 e. The van der Waals surface area contributed by atoms with Gasteiger partial charge in [0, 0.05) is 17.6 Å². The minimum Gasteiger partial charge on any atom is -0.349 e. The summed E-state index contributed by atoms with van der Waals surface area (Å²) in [6.45, 7) is 4.73. The van der Waals surface area contributed by atoms with Crippen molar-refractivity contribution in [2.45, 2.75) is 51.7 Å². The predicted octanol–water partition coefficient (Wildman–Crippen LogP) is 3.18. The Balaban J connectivity index is 1.74. The summed E-state index contributed by atoms with van der Waals surface area (Å²) in [5.74, 6) is 0.572. The van der Waals surface area contributed by atoms with E-state index in [2.05, 4.69) is 39.0 Å². The monoisotopic (exact) mass is 340 g/mol. The van der Waals surface area contributed by atoms with E-state index < -0.39 is 0 Å². The number of aromatic nitrogens is 5. The summed E-state index contributed by atoms with van der Waals surface area (Å²) in [4.78, 5) is 11.2. The van der Waals surface area contributed by atoms with Gasteiger partial charge in [-0.25, -0.2) is 19.0 Å². The Bertz CT molecular complexity index is 882. The third kappa shape index (κ3) is 2.83. The van der Waals surface area contributed by atoms with Crippen molar-refractivity contribution in [1.29, 1.82) is 0 Å². The fourth-order valence-corrected chi connectivity index (χ4v) is 3.70. The zero-order valence-electron chi connectivity index (χ0n) is 14.4. The van der Waals surface area contributed by atoms with Crippen LogP contribution in [0.5, 0.6) is 0 Å². The lowest BCUT2D eigenvalue weighted by atomic mass is 9.97. The molecular weight excluding hydrogens is 319 g/mol. The molecule has 0 bridgehead atoms. The number of rotatable bonds is 3. The summed E-state index contributed by atoms with van der Waals surface area (Å²) >= 11 is 0. The van der Waals surface area contributed by atoms with Gasteiger partial charge in [-0.15, -0.1) is 5.10 Å². The number of piperidine rings is 1. The Kier molecular flexibility index (Phi) is 4.07. The molecular formula is C18H21FN6. The van der Waals surface area contributed by atoms with Gasteiger partial charge in [0.05, 0.1) is 6.54 Å². The minimum atomic E-state index is -0.251. The normalized spacial score (nSPS) is 21.0. The predicted molar refractivity (Wildman–Crippen MR) is 93.9 cm³/mol. The maximum absolute atomic E-state index is 14.0. The summed E-state index contributed by atoms with van der Waals surface area (Å²) in [7, 11) is 0. The molecule has 1 aliphatic rings. The first-order chi connectivity index (χ1) is 12.1. The summed E-state index contributed by atoms with van der Waals surface area (Å²) in [5.41, 5.74) is 1.88. The molecule has 0 amide bonds. The molecule has 7 heteroatoms. The van der Waals surface area contributed by atoms with Crippen LogP contribution in [0.3, 0.4) is 0 Å². The SMILES string of the molecule is CC1CCCC(C)N1c1ncnc2c1nnn2Cc1ccccc1F. The molecule has 6 nitrogen and oxygen atoms in total. The molecule has 4 rings (SSSR count). The number of hydrogen-bond donors (Lipinski definition) is 0. The Morgan fingerprint density at radius 2 is 1.88 bits per heavy atom. The highest BCUT2D eigenvalue weighted by atomic mass is 19.1. The van der Waals surface area contributed by atoms with Gasteiger partial charge in [0.15, 0.2) is 17.0 Å². The molecule has 3 heterocycles. The third-order valence-corrected chi connectivity index (χ3v) is 5.00. The van der Waals surface area contributed by atoms with E-state index in [4.69, 9.17) is 0 Å². The van der Waals surface area contributed by atoms with Gasteiger partial charge in [-0.2, -0.15) is 0 Å². The second-order valence-electron chi connectivity index (χ2n) is 6.74. The van der Waals surface area contributed by atoms with Crippen LogP contribution in [0.4, 0.5) is 10.2 Å². The van der Waals surface area contributed by atoms with Gasteiger partial charge < -0.3 is 4.90 Å². The number of halogens is 1. The van der Waals surface area contributed by atoms with E-state index >= 15 is 0 Å². The molecule has 2 unspecified atom stereocenters. The first-order valence-electron chi connectivity index (χ1n) is 8.71. The number of nitrogens with zero attached hydrogens (tertiary/aromatic N) is 6. The van der Waals surface area contributed by atoms with Crippen molar-refractivity contribution in [2.75, 3.05) is 4.90 Å². The lowest BCUT2D eigenvalue weighted by Crippen LogP contribution is -2.44. The van der Waals surface area contributed by atoms with Crippen molar-refractivity contribution < 1.29 is 4.39 Å². The molecule has 1 aliphatic heterocycles. The molecule has 0 N–H and O–H groups in total. The number of hydrogen-bond acceptors (Lipinski definition) is 5. The van der Waals surface area contributed by atoms with E-state index in [1.165, 1.54) is 12.5 Å². The zero-order valence-corrected chi connectivity index (χ0v) is 14.4. The van der Waals surface area contributed by atoms with Crippen molar-refractivity contribution in [2.24, 2.45) is 0 Å².